The minimum Gasteiger partial charge on any atom is -0.487 e. The van der Waals surface area contributed by atoms with Crippen molar-refractivity contribution in [2.45, 2.75) is 43.4 Å². The van der Waals surface area contributed by atoms with Gasteiger partial charge in [0.15, 0.2) is 6.54 Å². The Balaban J connectivity index is 0.782. The fourth-order valence-electron chi connectivity index (χ4n) is 11.6. The van der Waals surface area contributed by atoms with Crippen molar-refractivity contribution in [1.82, 2.24) is 39.9 Å². The molecule has 14 rings (SSSR count). The fraction of sp³-hybridized carbons (Fsp3) is 0.109. The van der Waals surface area contributed by atoms with Gasteiger partial charge in [-0.2, -0.15) is 4.57 Å². The monoisotopic (exact) mass is 962 g/mol. The molecule has 8 heterocycles. The van der Waals surface area contributed by atoms with Crippen LogP contribution in [0.1, 0.15) is 97.2 Å². The van der Waals surface area contributed by atoms with Crippen LogP contribution in [0.2, 0.25) is 0 Å². The van der Waals surface area contributed by atoms with Crippen LogP contribution in [0.15, 0.2) is 225 Å². The molecule has 5 N–H and O–H groups in total. The molecule has 7 aromatic heterocycles. The van der Waals surface area contributed by atoms with E-state index in [4.69, 9.17) is 4.74 Å². The summed E-state index contributed by atoms with van der Waals surface area (Å²) in [6.45, 7) is 1.68. The molecule has 10 nitrogen and oxygen atoms in total. The number of aromatic amines is 5. The molecule has 0 spiro atoms. The van der Waals surface area contributed by atoms with Gasteiger partial charge in [-0.15, -0.1) is 5.10 Å². The van der Waals surface area contributed by atoms with E-state index in [1.54, 1.807) is 0 Å². The second-order valence-corrected chi connectivity index (χ2v) is 19.6. The molecule has 8 bridgehead atoms. The molecule has 74 heavy (non-hydrogen) atoms. The van der Waals surface area contributed by atoms with Crippen LogP contribution in [-0.4, -0.2) is 39.9 Å². The molecule has 0 fully saturated rings. The first-order valence-electron chi connectivity index (χ1n) is 25.5. The molecule has 0 saturated carbocycles. The molecule has 6 aromatic carbocycles. The topological polar surface area (TPSA) is 123 Å². The number of hydrogen-bond acceptors (Lipinski definition) is 3. The van der Waals surface area contributed by atoms with Gasteiger partial charge < -0.3 is 29.7 Å². The summed E-state index contributed by atoms with van der Waals surface area (Å²) in [5.74, 6) is 0.456. The van der Waals surface area contributed by atoms with E-state index in [-0.39, 0.29) is 23.7 Å². The summed E-state index contributed by atoms with van der Waals surface area (Å²) in [7, 11) is 0. The average Bonchev–Trinajstić information content (AvgIpc) is 4.34. The zero-order valence-electron chi connectivity index (χ0n) is 40.5. The van der Waals surface area contributed by atoms with Crippen LogP contribution in [0, 0.1) is 0 Å². The van der Waals surface area contributed by atoms with Gasteiger partial charge in [0.1, 0.15) is 30.1 Å². The molecule has 2 unspecified atom stereocenters. The van der Waals surface area contributed by atoms with Crippen molar-refractivity contribution < 1.29 is 9.30 Å². The molecule has 2 atom stereocenters. The van der Waals surface area contributed by atoms with E-state index in [1.807, 2.05) is 10.9 Å². The number of aryl methyl sites for hydroxylation is 2. The van der Waals surface area contributed by atoms with Gasteiger partial charge in [0.25, 0.3) is 0 Å². The molecule has 0 radical (unpaired) electrons. The van der Waals surface area contributed by atoms with Crippen LogP contribution in [0.4, 0.5) is 0 Å². The molecule has 10 heteroatoms. The molecule has 0 saturated heterocycles. The Labute approximate surface area is 427 Å². The third-order valence-corrected chi connectivity index (χ3v) is 15.1. The van der Waals surface area contributed by atoms with E-state index in [0.717, 1.165) is 80.1 Å². The highest BCUT2D eigenvalue weighted by Crippen LogP contribution is 2.41. The first-order valence-corrected chi connectivity index (χ1v) is 25.5. The molecular weight excluding hydrogens is 911 g/mol. The maximum atomic E-state index is 6.42. The Morgan fingerprint density at radius 1 is 0.432 bits per heavy atom. The maximum Gasteiger partial charge on any atom is 0.238 e. The van der Waals surface area contributed by atoms with E-state index in [2.05, 4.69) is 258 Å². The van der Waals surface area contributed by atoms with Gasteiger partial charge in [0.05, 0.1) is 40.8 Å². The molecule has 13 aromatic rings. The lowest BCUT2D eigenvalue weighted by Crippen LogP contribution is -2.37. The smallest absolute Gasteiger partial charge is 0.238 e. The van der Waals surface area contributed by atoms with Crippen LogP contribution >= 0.6 is 0 Å². The van der Waals surface area contributed by atoms with Gasteiger partial charge >= 0.3 is 0 Å². The van der Waals surface area contributed by atoms with Gasteiger partial charge in [-0.25, -0.2) is 4.68 Å². The first-order chi connectivity index (χ1) is 36.6. The second-order valence-electron chi connectivity index (χ2n) is 19.6. The van der Waals surface area contributed by atoms with Crippen molar-refractivity contribution in [3.63, 3.8) is 0 Å². The number of nitrogens with one attached hydrogen (secondary N) is 5. The van der Waals surface area contributed by atoms with Crippen molar-refractivity contribution in [1.29, 1.82) is 0 Å². The summed E-state index contributed by atoms with van der Waals surface area (Å²) in [5, 5.41) is 11.5. The lowest BCUT2D eigenvalue weighted by molar-refractivity contribution is -0.646. The number of ether oxygens (including phenoxy) is 1. The third kappa shape index (κ3) is 7.88. The van der Waals surface area contributed by atoms with Gasteiger partial charge in [0, 0.05) is 57.0 Å². The number of aromatic nitrogens is 9. The Morgan fingerprint density at radius 3 is 1.39 bits per heavy atom. The standard InChI is InChI=1S/C64H51N9O/c1-4-14-41(15-5-1)60-50-28-30-52(66-50)61(42-16-6-2-7-17-42)54-32-34-56(68-54)63(57-35-33-55(69-57)62(43-18-8-3-9-19-43)53-31-29-51(60)67-53)44-24-26-47(27-25-44)74-40-46-39-72(71-70-46)36-37-73-59-23-13-10-20-45(59)38-58-64(73)48-21-11-12-22-49(48)65-58/h1-35,38-39,60-63,66-69H,36-37,40H2/p+1. The van der Waals surface area contributed by atoms with E-state index in [9.17, 15) is 0 Å². The minimum atomic E-state index is -0.141. The van der Waals surface area contributed by atoms with Crippen molar-refractivity contribution in [2.75, 3.05) is 0 Å². The van der Waals surface area contributed by atoms with Crippen LogP contribution in [0.3, 0.4) is 0 Å². The number of para-hydroxylation sites is 2. The molecule has 1 aliphatic heterocycles. The Bertz CT molecular complexity index is 3940. The average molecular weight is 963 g/mol. The summed E-state index contributed by atoms with van der Waals surface area (Å²) < 4.78 is 10.7. The van der Waals surface area contributed by atoms with Crippen LogP contribution in [0.25, 0.3) is 32.8 Å². The summed E-state index contributed by atoms with van der Waals surface area (Å²) in [6, 6.07) is 78.3. The summed E-state index contributed by atoms with van der Waals surface area (Å²) in [6.07, 6.45) is 1.99. The number of fused-ring (bicyclic) bond motifs is 12. The third-order valence-electron chi connectivity index (χ3n) is 15.1. The van der Waals surface area contributed by atoms with Crippen LogP contribution in [0.5, 0.6) is 5.75 Å². The number of rotatable bonds is 10. The van der Waals surface area contributed by atoms with Crippen molar-refractivity contribution in [2.24, 2.45) is 0 Å². The predicted octanol–water partition coefficient (Wildman–Crippen LogP) is 13.0. The molecular formula is C64H52N9O+. The lowest BCUT2D eigenvalue weighted by Gasteiger charge is -2.21. The Kier molecular flexibility index (Phi) is 10.7. The van der Waals surface area contributed by atoms with Crippen LogP contribution in [-0.2, 0) is 19.7 Å². The van der Waals surface area contributed by atoms with Gasteiger partial charge in [0.2, 0.25) is 11.0 Å². The molecule has 0 aliphatic carbocycles. The fourth-order valence-corrected chi connectivity index (χ4v) is 11.6. The van der Waals surface area contributed by atoms with Gasteiger partial charge in [-0.3, -0.25) is 0 Å². The molecule has 358 valence electrons. The molecule has 1 aliphatic rings. The summed E-state index contributed by atoms with van der Waals surface area (Å²) in [5.41, 5.74) is 19.0. The van der Waals surface area contributed by atoms with E-state index in [0.29, 0.717) is 13.2 Å². The second kappa shape index (κ2) is 18.3. The summed E-state index contributed by atoms with van der Waals surface area (Å²) in [4.78, 5) is 19.5. The highest BCUT2D eigenvalue weighted by atomic mass is 16.5. The zero-order chi connectivity index (χ0) is 49.0. The predicted molar refractivity (Wildman–Crippen MR) is 291 cm³/mol. The number of nitrogens with zero attached hydrogens (tertiary/aromatic N) is 4. The Morgan fingerprint density at radius 2 is 0.878 bits per heavy atom. The molecule has 0 amide bonds. The first kappa shape index (κ1) is 43.4. The summed E-state index contributed by atoms with van der Waals surface area (Å²) >= 11 is 0. The largest absolute Gasteiger partial charge is 0.487 e. The maximum absolute atomic E-state index is 6.42. The van der Waals surface area contributed by atoms with Crippen molar-refractivity contribution in [3.8, 4) is 5.75 Å². The number of H-pyrrole nitrogens is 5. The lowest BCUT2D eigenvalue weighted by atomic mass is 9.92. The van der Waals surface area contributed by atoms with Crippen molar-refractivity contribution in [3.05, 3.63) is 298 Å². The normalized spacial score (nSPS) is 16.5. The van der Waals surface area contributed by atoms with Gasteiger partial charge in [-0.05, 0) is 107 Å². The zero-order valence-corrected chi connectivity index (χ0v) is 40.5. The van der Waals surface area contributed by atoms with Gasteiger partial charge in [-0.1, -0.05) is 133 Å². The van der Waals surface area contributed by atoms with E-state index < -0.39 is 0 Å². The minimum absolute atomic E-state index is 0.0352. The van der Waals surface area contributed by atoms with E-state index >= 15 is 0 Å². The van der Waals surface area contributed by atoms with Crippen molar-refractivity contribution >= 4 is 32.8 Å². The quantitative estimate of drug-likeness (QED) is 0.0877. The Hall–Kier alpha value is -9.41. The SMILES string of the molecule is c1ccc(C2c3ccc([nH]3)C(c3ccccc3)c3ccc([nH]3)C(c3ccc(OCc4cn(CC[n+]5c6ccccc6cc6[nH]c7ccccc7c65)nn4)cc3)c3ccc([nH]3)C(c3ccccc3)c3ccc2[nH]3)cc1. The highest BCUT2D eigenvalue weighted by molar-refractivity contribution is 6.05. The number of benzene rings is 6. The highest BCUT2D eigenvalue weighted by Gasteiger charge is 2.30. The number of pyridine rings is 1. The van der Waals surface area contributed by atoms with Crippen LogP contribution < -0.4 is 9.30 Å². The number of hydrogen-bond donors (Lipinski definition) is 5. The van der Waals surface area contributed by atoms with E-state index in [1.165, 1.54) is 38.5 Å².